The summed E-state index contributed by atoms with van der Waals surface area (Å²) in [5.41, 5.74) is 1.36. The molecule has 1 nitrogen and oxygen atoms in total. The van der Waals surface area contributed by atoms with E-state index >= 15 is 0 Å². The number of halogens is 1. The Labute approximate surface area is 100.0 Å². The molecule has 0 bridgehead atoms. The predicted molar refractivity (Wildman–Crippen MR) is 66.1 cm³/mol. The maximum Gasteiger partial charge on any atom is 0.0575 e. The van der Waals surface area contributed by atoms with Crippen LogP contribution in [0.3, 0.4) is 0 Å². The molecule has 0 amide bonds. The summed E-state index contributed by atoms with van der Waals surface area (Å²) in [7, 11) is 0. The van der Waals surface area contributed by atoms with Gasteiger partial charge in [-0.05, 0) is 37.0 Å². The fourth-order valence-corrected chi connectivity index (χ4v) is 2.31. The Morgan fingerprint density at radius 1 is 1.13 bits per heavy atom. The molecule has 0 unspecified atom stereocenters. The third-order valence-electron chi connectivity index (χ3n) is 2.96. The van der Waals surface area contributed by atoms with E-state index in [0.29, 0.717) is 6.10 Å². The van der Waals surface area contributed by atoms with Crippen LogP contribution in [0.25, 0.3) is 0 Å². The van der Waals surface area contributed by atoms with Crippen molar-refractivity contribution in [1.82, 2.24) is 0 Å². The molecule has 1 aromatic carbocycles. The van der Waals surface area contributed by atoms with Crippen molar-refractivity contribution in [3.63, 3.8) is 0 Å². The molecule has 2 rings (SSSR count). The number of hydrogen-bond acceptors (Lipinski definition) is 1. The van der Waals surface area contributed by atoms with E-state index in [0.717, 1.165) is 17.5 Å². The van der Waals surface area contributed by atoms with Gasteiger partial charge in [0.25, 0.3) is 0 Å². The molecule has 15 heavy (non-hydrogen) atoms. The van der Waals surface area contributed by atoms with Crippen molar-refractivity contribution in [3.05, 3.63) is 34.3 Å². The van der Waals surface area contributed by atoms with Crippen LogP contribution in [0.15, 0.2) is 28.7 Å². The highest BCUT2D eigenvalue weighted by Crippen LogP contribution is 2.21. The lowest BCUT2D eigenvalue weighted by atomic mass is 10.2. The lowest BCUT2D eigenvalue weighted by molar-refractivity contribution is 0.0606. The average molecular weight is 269 g/mol. The summed E-state index contributed by atoms with van der Waals surface area (Å²) in [5, 5.41) is 0. The van der Waals surface area contributed by atoms with Gasteiger partial charge in [0.15, 0.2) is 0 Å². The van der Waals surface area contributed by atoms with E-state index in [2.05, 4.69) is 40.2 Å². The summed E-state index contributed by atoms with van der Waals surface area (Å²) in [6.07, 6.45) is 6.80. The first kappa shape index (κ1) is 11.2. The quantitative estimate of drug-likeness (QED) is 0.804. The first-order valence-corrected chi connectivity index (χ1v) is 6.50. The van der Waals surface area contributed by atoms with Gasteiger partial charge in [-0.3, -0.25) is 0 Å². The molecule has 1 fully saturated rings. The molecule has 0 saturated heterocycles. The highest BCUT2D eigenvalue weighted by atomic mass is 79.9. The molecule has 0 aliphatic heterocycles. The summed E-state index contributed by atoms with van der Waals surface area (Å²) in [5.74, 6) is 0. The van der Waals surface area contributed by atoms with Gasteiger partial charge >= 0.3 is 0 Å². The number of benzene rings is 1. The zero-order chi connectivity index (χ0) is 10.5. The van der Waals surface area contributed by atoms with Crippen LogP contribution in [-0.4, -0.2) is 12.7 Å². The largest absolute Gasteiger partial charge is 0.378 e. The third kappa shape index (κ3) is 3.62. The molecule has 1 saturated carbocycles. The lowest BCUT2D eigenvalue weighted by Gasteiger charge is -2.10. The van der Waals surface area contributed by atoms with Gasteiger partial charge in [0.05, 0.1) is 12.7 Å². The van der Waals surface area contributed by atoms with Gasteiger partial charge in [-0.15, -0.1) is 0 Å². The van der Waals surface area contributed by atoms with Gasteiger partial charge in [0.2, 0.25) is 0 Å². The molecule has 0 N–H and O–H groups in total. The number of ether oxygens (including phenoxy) is 1. The van der Waals surface area contributed by atoms with Gasteiger partial charge in [0, 0.05) is 4.47 Å². The lowest BCUT2D eigenvalue weighted by Crippen LogP contribution is -2.09. The Balaban J connectivity index is 1.71. The highest BCUT2D eigenvalue weighted by molar-refractivity contribution is 9.10. The van der Waals surface area contributed by atoms with Crippen molar-refractivity contribution in [2.24, 2.45) is 0 Å². The molecule has 0 aromatic heterocycles. The van der Waals surface area contributed by atoms with Gasteiger partial charge in [0.1, 0.15) is 0 Å². The van der Waals surface area contributed by atoms with Crippen LogP contribution in [0.5, 0.6) is 0 Å². The molecule has 0 spiro atoms. The van der Waals surface area contributed by atoms with Crippen LogP contribution >= 0.6 is 15.9 Å². The fourth-order valence-electron chi connectivity index (χ4n) is 2.05. The maximum absolute atomic E-state index is 5.83. The molecule has 2 heteroatoms. The molecule has 82 valence electrons. The Hall–Kier alpha value is -0.340. The Morgan fingerprint density at radius 3 is 2.47 bits per heavy atom. The molecule has 1 aliphatic rings. The average Bonchev–Trinajstić information content (AvgIpc) is 2.74. The Kier molecular flexibility index (Phi) is 4.21. The third-order valence-corrected chi connectivity index (χ3v) is 3.49. The molecular weight excluding hydrogens is 252 g/mol. The SMILES string of the molecule is Brc1ccc(CCOC2CCCC2)cc1. The van der Waals surface area contributed by atoms with Gasteiger partial charge in [-0.25, -0.2) is 0 Å². The standard InChI is InChI=1S/C13H17BrO/c14-12-7-5-11(6-8-12)9-10-15-13-3-1-2-4-13/h5-8,13H,1-4,9-10H2. The van der Waals surface area contributed by atoms with Crippen molar-refractivity contribution in [2.75, 3.05) is 6.61 Å². The summed E-state index contributed by atoms with van der Waals surface area (Å²) in [6, 6.07) is 8.49. The van der Waals surface area contributed by atoms with Gasteiger partial charge in [-0.2, -0.15) is 0 Å². The van der Waals surface area contributed by atoms with Crippen LogP contribution in [0.2, 0.25) is 0 Å². The second kappa shape index (κ2) is 5.66. The highest BCUT2D eigenvalue weighted by Gasteiger charge is 2.14. The minimum Gasteiger partial charge on any atom is -0.378 e. The van der Waals surface area contributed by atoms with Crippen LogP contribution in [0, 0.1) is 0 Å². The summed E-state index contributed by atoms with van der Waals surface area (Å²) >= 11 is 3.44. The summed E-state index contributed by atoms with van der Waals surface area (Å²) in [6.45, 7) is 0.867. The predicted octanol–water partition coefficient (Wildman–Crippen LogP) is 3.95. The molecule has 1 aromatic rings. The molecular formula is C13H17BrO. The molecule has 0 atom stereocenters. The van der Waals surface area contributed by atoms with Crippen molar-refractivity contribution in [2.45, 2.75) is 38.2 Å². The number of hydrogen-bond donors (Lipinski definition) is 0. The van der Waals surface area contributed by atoms with E-state index in [1.165, 1.54) is 31.2 Å². The van der Waals surface area contributed by atoms with E-state index in [-0.39, 0.29) is 0 Å². The summed E-state index contributed by atoms with van der Waals surface area (Å²) < 4.78 is 6.97. The zero-order valence-corrected chi connectivity index (χ0v) is 10.5. The van der Waals surface area contributed by atoms with Crippen molar-refractivity contribution < 1.29 is 4.74 Å². The monoisotopic (exact) mass is 268 g/mol. The zero-order valence-electron chi connectivity index (χ0n) is 8.92. The molecule has 0 heterocycles. The van der Waals surface area contributed by atoms with Crippen molar-refractivity contribution in [3.8, 4) is 0 Å². The van der Waals surface area contributed by atoms with Crippen LogP contribution < -0.4 is 0 Å². The maximum atomic E-state index is 5.83. The Bertz CT molecular complexity index is 288. The van der Waals surface area contributed by atoms with Gasteiger partial charge < -0.3 is 4.74 Å². The molecule has 1 aliphatic carbocycles. The topological polar surface area (TPSA) is 9.23 Å². The van der Waals surface area contributed by atoms with E-state index in [9.17, 15) is 0 Å². The van der Waals surface area contributed by atoms with Crippen LogP contribution in [0.4, 0.5) is 0 Å². The smallest absolute Gasteiger partial charge is 0.0575 e. The van der Waals surface area contributed by atoms with Gasteiger partial charge in [-0.1, -0.05) is 40.9 Å². The Morgan fingerprint density at radius 2 is 1.80 bits per heavy atom. The first-order chi connectivity index (χ1) is 7.34. The van der Waals surface area contributed by atoms with E-state index < -0.39 is 0 Å². The second-order valence-corrected chi connectivity index (χ2v) is 5.07. The van der Waals surface area contributed by atoms with Crippen LogP contribution in [0.1, 0.15) is 31.2 Å². The fraction of sp³-hybridized carbons (Fsp3) is 0.538. The first-order valence-electron chi connectivity index (χ1n) is 5.70. The normalized spacial score (nSPS) is 17.1. The number of rotatable bonds is 4. The van der Waals surface area contributed by atoms with E-state index in [1.807, 2.05) is 0 Å². The minimum atomic E-state index is 0.542. The summed E-state index contributed by atoms with van der Waals surface area (Å²) in [4.78, 5) is 0. The second-order valence-electron chi connectivity index (χ2n) is 4.15. The van der Waals surface area contributed by atoms with Crippen molar-refractivity contribution >= 4 is 15.9 Å². The van der Waals surface area contributed by atoms with Crippen LogP contribution in [-0.2, 0) is 11.2 Å². The van der Waals surface area contributed by atoms with E-state index in [1.54, 1.807) is 0 Å². The minimum absolute atomic E-state index is 0.542. The van der Waals surface area contributed by atoms with Crippen molar-refractivity contribution in [1.29, 1.82) is 0 Å². The molecule has 0 radical (unpaired) electrons. The van der Waals surface area contributed by atoms with E-state index in [4.69, 9.17) is 4.74 Å².